The van der Waals surface area contributed by atoms with Crippen molar-refractivity contribution < 1.29 is 14.3 Å². The minimum atomic E-state index is -0.745. The molecule has 0 spiro atoms. The van der Waals surface area contributed by atoms with E-state index in [1.807, 2.05) is 24.3 Å². The molecule has 0 radical (unpaired) electrons. The molecule has 0 saturated heterocycles. The molecule has 0 amide bonds. The summed E-state index contributed by atoms with van der Waals surface area (Å²) in [5.41, 5.74) is 8.72. The first-order valence-electron chi connectivity index (χ1n) is 10.7. The van der Waals surface area contributed by atoms with Crippen LogP contribution in [0, 0.1) is 12.3 Å². The van der Waals surface area contributed by atoms with Crippen molar-refractivity contribution in [3.05, 3.63) is 69.9 Å². The van der Waals surface area contributed by atoms with E-state index in [1.54, 1.807) is 39.0 Å². The molecule has 3 aromatic rings. The Labute approximate surface area is 198 Å². The van der Waals surface area contributed by atoms with Gasteiger partial charge in [0.05, 0.1) is 22.3 Å². The molecular weight excluding hydrogens is 438 g/mol. The van der Waals surface area contributed by atoms with Crippen molar-refractivity contribution in [3.63, 3.8) is 0 Å². The molecule has 2 aromatic carbocycles. The Bertz CT molecular complexity index is 1300. The van der Waals surface area contributed by atoms with Gasteiger partial charge in [0.25, 0.3) is 0 Å². The van der Waals surface area contributed by atoms with E-state index in [0.717, 1.165) is 11.1 Å². The van der Waals surface area contributed by atoms with E-state index in [4.69, 9.17) is 28.5 Å². The number of terminal acetylenes is 1. The van der Waals surface area contributed by atoms with Crippen molar-refractivity contribution >= 4 is 34.4 Å². The Morgan fingerprint density at radius 1 is 1.30 bits per heavy atom. The Kier molecular flexibility index (Phi) is 6.06. The minimum Gasteiger partial charge on any atom is -0.443 e. The molecule has 0 fully saturated rings. The quantitative estimate of drug-likeness (QED) is 0.414. The number of nitrogens with two attached hydrogens (primary N) is 1. The predicted octanol–water partition coefficient (Wildman–Crippen LogP) is 5.13. The fourth-order valence-corrected chi connectivity index (χ4v) is 4.51. The van der Waals surface area contributed by atoms with Gasteiger partial charge < -0.3 is 10.5 Å². The number of Topliss-reactive ketones (excluding diaryl/α,β-unsaturated/α-hetero) is 1. The number of halogens is 1. The number of ether oxygens (including phenoxy) is 1. The molecule has 0 bridgehead atoms. The van der Waals surface area contributed by atoms with Gasteiger partial charge in [0.15, 0.2) is 0 Å². The second kappa shape index (κ2) is 8.68. The molecular formula is C26H26ClN3O3. The van der Waals surface area contributed by atoms with Gasteiger partial charge in [-0.3, -0.25) is 10.1 Å². The zero-order chi connectivity index (χ0) is 23.9. The molecule has 2 unspecified atom stereocenters. The van der Waals surface area contributed by atoms with Crippen molar-refractivity contribution in [1.29, 1.82) is 0 Å². The first kappa shape index (κ1) is 23.1. The van der Waals surface area contributed by atoms with Crippen LogP contribution >= 0.6 is 11.6 Å². The maximum absolute atomic E-state index is 13.7. The number of carbonyl (C=O) groups is 2. The van der Waals surface area contributed by atoms with Gasteiger partial charge in [-0.2, -0.15) is 0 Å². The highest BCUT2D eigenvalue weighted by molar-refractivity contribution is 6.36. The SMILES string of the molecule is C#CCC(N)c1ccc2c(cc(C(=O)C3NCc4ccccc43)n2C(=O)OC(C)(C)C)c1Cl. The smallest absolute Gasteiger partial charge is 0.419 e. The van der Waals surface area contributed by atoms with E-state index in [2.05, 4.69) is 11.2 Å². The zero-order valence-corrected chi connectivity index (χ0v) is 19.6. The number of benzene rings is 2. The third-order valence-corrected chi connectivity index (χ3v) is 6.06. The van der Waals surface area contributed by atoms with E-state index in [-0.39, 0.29) is 11.5 Å². The number of hydrogen-bond donors (Lipinski definition) is 2. The molecule has 6 nitrogen and oxygen atoms in total. The van der Waals surface area contributed by atoms with Crippen LogP contribution in [0.2, 0.25) is 5.02 Å². The Hall–Kier alpha value is -3.11. The lowest BCUT2D eigenvalue weighted by atomic mass is 10.00. The van der Waals surface area contributed by atoms with Crippen molar-refractivity contribution in [3.8, 4) is 12.3 Å². The maximum Gasteiger partial charge on any atom is 0.419 e. The normalized spacial score (nSPS) is 16.3. The summed E-state index contributed by atoms with van der Waals surface area (Å²) in [6.45, 7) is 5.90. The number of hydrogen-bond acceptors (Lipinski definition) is 5. The molecule has 170 valence electrons. The number of carbonyl (C=O) groups excluding carboxylic acids is 2. The van der Waals surface area contributed by atoms with E-state index < -0.39 is 23.8 Å². The number of nitrogens with zero attached hydrogens (tertiary/aromatic N) is 1. The molecule has 2 atom stereocenters. The van der Waals surface area contributed by atoms with E-state index >= 15 is 0 Å². The van der Waals surface area contributed by atoms with Crippen LogP contribution in [0.25, 0.3) is 10.9 Å². The van der Waals surface area contributed by atoms with Gasteiger partial charge in [0.1, 0.15) is 5.60 Å². The number of aromatic nitrogens is 1. The molecule has 3 N–H and O–H groups in total. The van der Waals surface area contributed by atoms with Crippen LogP contribution in [0.3, 0.4) is 0 Å². The second-order valence-corrected chi connectivity index (χ2v) is 9.52. The van der Waals surface area contributed by atoms with Crippen LogP contribution < -0.4 is 11.1 Å². The summed E-state index contributed by atoms with van der Waals surface area (Å²) in [4.78, 5) is 26.9. The highest BCUT2D eigenvalue weighted by Crippen LogP contribution is 2.36. The third-order valence-electron chi connectivity index (χ3n) is 5.64. The summed E-state index contributed by atoms with van der Waals surface area (Å²) >= 11 is 6.70. The van der Waals surface area contributed by atoms with Crippen molar-refractivity contribution in [1.82, 2.24) is 9.88 Å². The van der Waals surface area contributed by atoms with Crippen LogP contribution in [0.1, 0.15) is 66.5 Å². The largest absolute Gasteiger partial charge is 0.443 e. The summed E-state index contributed by atoms with van der Waals surface area (Å²) < 4.78 is 6.93. The first-order chi connectivity index (χ1) is 15.6. The number of ketones is 1. The van der Waals surface area contributed by atoms with Crippen LogP contribution in [-0.2, 0) is 11.3 Å². The fourth-order valence-electron chi connectivity index (χ4n) is 4.15. The lowest BCUT2D eigenvalue weighted by molar-refractivity contribution is 0.0534. The maximum atomic E-state index is 13.7. The third kappa shape index (κ3) is 4.28. The van der Waals surface area contributed by atoms with Crippen molar-refractivity contribution in [2.24, 2.45) is 5.73 Å². The Balaban J connectivity index is 1.88. The predicted molar refractivity (Wildman–Crippen MR) is 129 cm³/mol. The Morgan fingerprint density at radius 3 is 2.73 bits per heavy atom. The van der Waals surface area contributed by atoms with Crippen LogP contribution in [0.5, 0.6) is 0 Å². The molecule has 33 heavy (non-hydrogen) atoms. The fraction of sp³-hybridized carbons (Fsp3) is 0.308. The molecule has 4 rings (SSSR count). The van der Waals surface area contributed by atoms with Gasteiger partial charge in [0, 0.05) is 24.4 Å². The number of rotatable bonds is 4. The standard InChI is InChI=1S/C26H26ClN3O3/c1-5-8-19(28)17-11-12-20-18(22(17)27)13-21(30(20)25(32)33-26(2,3)4)24(31)23-16-10-7-6-9-15(16)14-29-23/h1,6-7,9-13,19,23,29H,8,14,28H2,2-4H3. The monoisotopic (exact) mass is 463 g/mol. The lowest BCUT2D eigenvalue weighted by Gasteiger charge is -2.21. The van der Waals surface area contributed by atoms with Gasteiger partial charge >= 0.3 is 6.09 Å². The van der Waals surface area contributed by atoms with Gasteiger partial charge in [-0.1, -0.05) is 41.9 Å². The van der Waals surface area contributed by atoms with Gasteiger partial charge in [0.2, 0.25) is 5.78 Å². The van der Waals surface area contributed by atoms with Gasteiger partial charge in [-0.05, 0) is 49.6 Å². The second-order valence-electron chi connectivity index (χ2n) is 9.14. The number of fused-ring (bicyclic) bond motifs is 2. The van der Waals surface area contributed by atoms with Crippen molar-refractivity contribution in [2.75, 3.05) is 0 Å². The topological polar surface area (TPSA) is 86.4 Å². The van der Waals surface area contributed by atoms with Crippen molar-refractivity contribution in [2.45, 2.75) is 51.4 Å². The minimum absolute atomic E-state index is 0.193. The van der Waals surface area contributed by atoms with E-state index in [1.165, 1.54) is 4.57 Å². The molecule has 1 aliphatic heterocycles. The molecule has 0 aliphatic carbocycles. The number of nitrogens with one attached hydrogen (secondary N) is 1. The van der Waals surface area contributed by atoms with Crippen LogP contribution in [-0.4, -0.2) is 22.0 Å². The molecule has 2 heterocycles. The summed E-state index contributed by atoms with van der Waals surface area (Å²) in [6, 6.07) is 11.8. The Morgan fingerprint density at radius 2 is 2.03 bits per heavy atom. The van der Waals surface area contributed by atoms with Gasteiger partial charge in [-0.25, -0.2) is 9.36 Å². The molecule has 7 heteroatoms. The van der Waals surface area contributed by atoms with E-state index in [0.29, 0.717) is 34.5 Å². The first-order valence-corrected chi connectivity index (χ1v) is 11.1. The highest BCUT2D eigenvalue weighted by atomic mass is 35.5. The summed E-state index contributed by atoms with van der Waals surface area (Å²) in [7, 11) is 0. The lowest BCUT2D eigenvalue weighted by Crippen LogP contribution is -2.31. The summed E-state index contributed by atoms with van der Waals surface area (Å²) in [5.74, 6) is 2.30. The zero-order valence-electron chi connectivity index (χ0n) is 18.8. The van der Waals surface area contributed by atoms with Crippen LogP contribution in [0.15, 0.2) is 42.5 Å². The van der Waals surface area contributed by atoms with Crippen LogP contribution in [0.4, 0.5) is 4.79 Å². The summed E-state index contributed by atoms with van der Waals surface area (Å²) in [6.07, 6.45) is 5.08. The van der Waals surface area contributed by atoms with Gasteiger partial charge in [-0.15, -0.1) is 12.3 Å². The molecule has 1 aliphatic rings. The molecule has 0 saturated carbocycles. The van der Waals surface area contributed by atoms with E-state index in [9.17, 15) is 9.59 Å². The summed E-state index contributed by atoms with van der Waals surface area (Å²) in [5, 5.41) is 4.16. The molecule has 1 aromatic heterocycles. The highest BCUT2D eigenvalue weighted by Gasteiger charge is 2.34. The average Bonchev–Trinajstić information content (AvgIpc) is 3.35. The average molecular weight is 464 g/mol.